The van der Waals surface area contributed by atoms with Gasteiger partial charge in [0.25, 0.3) is 8.32 Å². The molecule has 296 valence electrons. The molecule has 2 aromatic rings. The minimum Gasteiger partial charge on any atom is -0.405 e. The van der Waals surface area contributed by atoms with E-state index in [4.69, 9.17) is 23.6 Å². The van der Waals surface area contributed by atoms with Crippen LogP contribution in [0.1, 0.15) is 33.6 Å². The van der Waals surface area contributed by atoms with Gasteiger partial charge in [-0.1, -0.05) is 81.4 Å². The second-order valence-electron chi connectivity index (χ2n) is 15.8. The van der Waals surface area contributed by atoms with E-state index in [-0.39, 0.29) is 11.1 Å². The number of nitrogens with one attached hydrogen (secondary N) is 1. The molecule has 0 radical (unpaired) electrons. The van der Waals surface area contributed by atoms with E-state index in [1.54, 1.807) is 0 Å². The zero-order valence-corrected chi connectivity index (χ0v) is 35.2. The molecule has 53 heavy (non-hydrogen) atoms. The van der Waals surface area contributed by atoms with Gasteiger partial charge in [0.2, 0.25) is 0 Å². The Labute approximate surface area is 326 Å². The lowest BCUT2D eigenvalue weighted by molar-refractivity contribution is 0.0471. The van der Waals surface area contributed by atoms with Crippen LogP contribution in [0.4, 0.5) is 0 Å². The lowest BCUT2D eigenvalue weighted by Crippen LogP contribution is -2.67. The van der Waals surface area contributed by atoms with E-state index in [9.17, 15) is 0 Å². The maximum atomic E-state index is 7.29. The van der Waals surface area contributed by atoms with Crippen LogP contribution in [-0.2, 0) is 18.6 Å². The normalized spacial score (nSPS) is 23.3. The number of aliphatic imine (C=N–C) groups is 1. The molecule has 0 saturated carbocycles. The molecule has 12 heteroatoms. The summed E-state index contributed by atoms with van der Waals surface area (Å²) in [5.74, 6) is 3.24. The fraction of sp³-hybridized carbons (Fsp3) is 0.683. The van der Waals surface area contributed by atoms with Crippen molar-refractivity contribution in [3.63, 3.8) is 0 Å². The minimum absolute atomic E-state index is 0.0420. The summed E-state index contributed by atoms with van der Waals surface area (Å²) in [6.45, 7) is 20.9. The van der Waals surface area contributed by atoms with E-state index in [2.05, 4.69) is 120 Å². The highest BCUT2D eigenvalue weighted by Gasteiger charge is 2.50. The van der Waals surface area contributed by atoms with Gasteiger partial charge in [0.1, 0.15) is 0 Å². The Morgan fingerprint density at radius 2 is 1.25 bits per heavy atom. The van der Waals surface area contributed by atoms with E-state index >= 15 is 0 Å². The van der Waals surface area contributed by atoms with Crippen molar-refractivity contribution in [2.24, 2.45) is 4.99 Å². The van der Waals surface area contributed by atoms with Crippen molar-refractivity contribution >= 4 is 36.4 Å². The number of fused-ring (bicyclic) bond motifs is 1. The molecule has 3 aliphatic rings. The summed E-state index contributed by atoms with van der Waals surface area (Å²) in [5, 5.41) is 6.44. The molecule has 2 aromatic carbocycles. The average molecular weight is 769 g/mol. The fourth-order valence-corrected chi connectivity index (χ4v) is 13.1. The summed E-state index contributed by atoms with van der Waals surface area (Å²) in [7, 11) is 1.69. The highest BCUT2D eigenvalue weighted by Crippen LogP contribution is 2.37. The Kier molecular flexibility index (Phi) is 17.4. The van der Waals surface area contributed by atoms with Crippen LogP contribution in [0.2, 0.25) is 5.04 Å². The first-order chi connectivity index (χ1) is 25.7. The minimum atomic E-state index is -2.59. The van der Waals surface area contributed by atoms with Crippen molar-refractivity contribution in [1.82, 2.24) is 24.9 Å². The first-order valence-corrected chi connectivity index (χ1v) is 23.1. The third kappa shape index (κ3) is 13.0. The Hall–Kier alpha value is -2.00. The van der Waals surface area contributed by atoms with Gasteiger partial charge >= 0.3 is 0 Å². The van der Waals surface area contributed by atoms with Gasteiger partial charge in [-0.3, -0.25) is 4.90 Å². The van der Waals surface area contributed by atoms with Crippen LogP contribution in [0.5, 0.6) is 0 Å². The maximum absolute atomic E-state index is 7.29. The molecule has 5 rings (SSSR count). The molecular formula is C41H68N6O4SSi. The van der Waals surface area contributed by atoms with Crippen LogP contribution in [-0.4, -0.2) is 177 Å². The number of benzene rings is 2. The van der Waals surface area contributed by atoms with Crippen LogP contribution in [0, 0.1) is 0 Å². The van der Waals surface area contributed by atoms with Crippen molar-refractivity contribution in [3.05, 3.63) is 60.7 Å². The molecule has 1 N–H and O–H groups in total. The first-order valence-electron chi connectivity index (χ1n) is 20.0. The molecule has 0 aromatic heterocycles. The molecule has 0 spiro atoms. The Bertz CT molecular complexity index is 1280. The van der Waals surface area contributed by atoms with E-state index in [1.165, 1.54) is 10.4 Å². The zero-order chi connectivity index (χ0) is 37.4. The Morgan fingerprint density at radius 3 is 1.77 bits per heavy atom. The van der Waals surface area contributed by atoms with Gasteiger partial charge in [-0.2, -0.15) is 11.8 Å². The highest BCUT2D eigenvalue weighted by molar-refractivity contribution is 7.99. The number of hydrogen-bond donors (Lipinski definition) is 1. The lowest BCUT2D eigenvalue weighted by atomic mass is 10.1. The smallest absolute Gasteiger partial charge is 0.261 e. The van der Waals surface area contributed by atoms with Gasteiger partial charge in [0.15, 0.2) is 5.96 Å². The van der Waals surface area contributed by atoms with Crippen molar-refractivity contribution in [2.45, 2.75) is 50.7 Å². The summed E-state index contributed by atoms with van der Waals surface area (Å²) < 4.78 is 25.2. The molecule has 0 aliphatic carbocycles. The van der Waals surface area contributed by atoms with Crippen LogP contribution in [0.3, 0.4) is 0 Å². The number of ether oxygens (including phenoxy) is 3. The lowest BCUT2D eigenvalue weighted by Gasteiger charge is -2.44. The third-order valence-electron chi connectivity index (χ3n) is 10.8. The number of guanidine groups is 1. The molecule has 0 unspecified atom stereocenters. The zero-order valence-electron chi connectivity index (χ0n) is 33.3. The molecule has 3 heterocycles. The largest absolute Gasteiger partial charge is 0.405 e. The summed E-state index contributed by atoms with van der Waals surface area (Å²) in [6, 6.07) is 22.5. The average Bonchev–Trinajstić information content (AvgIpc) is 3.15. The van der Waals surface area contributed by atoms with Gasteiger partial charge in [-0.05, 0) is 42.3 Å². The Morgan fingerprint density at radius 1 is 0.736 bits per heavy atom. The van der Waals surface area contributed by atoms with E-state index in [1.807, 2.05) is 11.8 Å². The SMILES string of the molecule is CN1CCOCCN(C)CCOCCN(CCSC[C@@H]2CCN3CC[C@@H](CO[Si](c4ccccc4)(c4ccccc4)C(C)(C)C)N=C3N2)CCOCC1. The molecule has 0 bridgehead atoms. The molecule has 2 atom stereocenters. The van der Waals surface area contributed by atoms with E-state index < -0.39 is 8.32 Å². The monoisotopic (exact) mass is 768 g/mol. The number of likely N-dealkylation sites (N-methyl/N-ethyl adjacent to an activating group) is 2. The predicted molar refractivity (Wildman–Crippen MR) is 224 cm³/mol. The Balaban J connectivity index is 1.11. The van der Waals surface area contributed by atoms with Crippen molar-refractivity contribution in [2.75, 3.05) is 131 Å². The molecular weight excluding hydrogens is 701 g/mol. The summed E-state index contributed by atoms with van der Waals surface area (Å²) in [4.78, 5) is 14.8. The topological polar surface area (TPSA) is 74.3 Å². The second-order valence-corrected chi connectivity index (χ2v) is 21.3. The first kappa shape index (κ1) is 42.1. The van der Waals surface area contributed by atoms with Gasteiger partial charge < -0.3 is 38.7 Å². The number of thioether (sulfide) groups is 1. The van der Waals surface area contributed by atoms with Gasteiger partial charge in [-0.15, -0.1) is 0 Å². The second kappa shape index (κ2) is 21.9. The van der Waals surface area contributed by atoms with E-state index in [0.717, 1.165) is 129 Å². The third-order valence-corrected chi connectivity index (χ3v) is 16.9. The van der Waals surface area contributed by atoms with Gasteiger partial charge in [-0.25, -0.2) is 4.99 Å². The van der Waals surface area contributed by atoms with Crippen molar-refractivity contribution in [3.8, 4) is 0 Å². The molecule has 2 saturated heterocycles. The van der Waals surface area contributed by atoms with Gasteiger partial charge in [0, 0.05) is 76.5 Å². The molecule has 2 fully saturated rings. The van der Waals surface area contributed by atoms with Crippen LogP contribution >= 0.6 is 11.8 Å². The van der Waals surface area contributed by atoms with Crippen molar-refractivity contribution < 1.29 is 18.6 Å². The summed E-state index contributed by atoms with van der Waals surface area (Å²) in [5.41, 5.74) is 0. The quantitative estimate of drug-likeness (QED) is 0.288. The number of nitrogens with zero attached hydrogens (tertiary/aromatic N) is 5. The van der Waals surface area contributed by atoms with Crippen molar-refractivity contribution in [1.29, 1.82) is 0 Å². The number of hydrogen-bond acceptors (Lipinski definition) is 11. The standard InChI is InChI=1S/C41H68N6O4SSi/c1-41(2,3)53(38-12-8-6-9-13-38,39-14-10-7-11-15-39)51-34-36-16-18-47-19-17-37(43-40(47)42-36)35-52-33-26-46-24-31-49-29-22-44(4)20-27-48-28-21-45(5)23-30-50-32-25-46/h6-15,36-37H,16-35H2,1-5H3,(H,42,43)/t36-,37-/m0/s1. The fourth-order valence-electron chi connectivity index (χ4n) is 7.42. The predicted octanol–water partition coefficient (Wildman–Crippen LogP) is 3.32. The molecule has 10 nitrogen and oxygen atoms in total. The van der Waals surface area contributed by atoms with E-state index in [0.29, 0.717) is 12.6 Å². The summed E-state index contributed by atoms with van der Waals surface area (Å²) >= 11 is 2.05. The maximum Gasteiger partial charge on any atom is 0.261 e. The molecule has 0 amide bonds. The van der Waals surface area contributed by atoms with Gasteiger partial charge in [0.05, 0.1) is 52.3 Å². The summed E-state index contributed by atoms with van der Waals surface area (Å²) in [6.07, 6.45) is 2.17. The number of rotatable bonds is 10. The van der Waals surface area contributed by atoms with Crippen LogP contribution < -0.4 is 15.7 Å². The van der Waals surface area contributed by atoms with Crippen LogP contribution in [0.15, 0.2) is 65.7 Å². The highest BCUT2D eigenvalue weighted by atomic mass is 32.2. The molecule has 3 aliphatic heterocycles. The van der Waals surface area contributed by atoms with Crippen LogP contribution in [0.25, 0.3) is 0 Å².